The predicted octanol–water partition coefficient (Wildman–Crippen LogP) is 2.95. The summed E-state index contributed by atoms with van der Waals surface area (Å²) in [5, 5.41) is 2.92. The summed E-state index contributed by atoms with van der Waals surface area (Å²) in [6.45, 7) is 0.529. The van der Waals surface area contributed by atoms with E-state index in [0.717, 1.165) is 22.6 Å². The van der Waals surface area contributed by atoms with Gasteiger partial charge in [-0.3, -0.25) is 4.79 Å². The van der Waals surface area contributed by atoms with Crippen molar-refractivity contribution in [3.63, 3.8) is 0 Å². The molecule has 0 saturated carbocycles. The Hall–Kier alpha value is -2.49. The Kier molecular flexibility index (Phi) is 5.83. The van der Waals surface area contributed by atoms with Gasteiger partial charge in [-0.2, -0.15) is 0 Å². The van der Waals surface area contributed by atoms with E-state index in [2.05, 4.69) is 5.32 Å². The van der Waals surface area contributed by atoms with Crippen molar-refractivity contribution in [2.45, 2.75) is 19.4 Å². The van der Waals surface area contributed by atoms with Crippen LogP contribution in [0, 0.1) is 0 Å². The predicted molar refractivity (Wildman–Crippen MR) is 86.2 cm³/mol. The number of carbonyl (C=O) groups is 1. The van der Waals surface area contributed by atoms with Crippen LogP contribution in [0.2, 0.25) is 0 Å². The zero-order valence-corrected chi connectivity index (χ0v) is 13.0. The summed E-state index contributed by atoms with van der Waals surface area (Å²) in [7, 11) is 3.27. The van der Waals surface area contributed by atoms with Crippen LogP contribution in [0.3, 0.4) is 0 Å². The fourth-order valence-corrected chi connectivity index (χ4v) is 2.12. The van der Waals surface area contributed by atoms with Crippen molar-refractivity contribution in [3.05, 3.63) is 59.7 Å². The zero-order valence-electron chi connectivity index (χ0n) is 13.0. The highest BCUT2D eigenvalue weighted by molar-refractivity contribution is 5.76. The number of hydrogen-bond donors (Lipinski definition) is 1. The van der Waals surface area contributed by atoms with E-state index in [4.69, 9.17) is 9.47 Å². The molecule has 0 aliphatic rings. The third kappa shape index (κ3) is 4.81. The number of hydrogen-bond acceptors (Lipinski definition) is 3. The average molecular weight is 299 g/mol. The molecule has 4 heteroatoms. The summed E-state index contributed by atoms with van der Waals surface area (Å²) in [6.07, 6.45) is 1.16. The lowest BCUT2D eigenvalue weighted by molar-refractivity contribution is -0.121. The standard InChI is InChI=1S/C18H21NO3/c1-21-16-9-6-15(7-10-16)13-19-18(20)11-8-14-4-3-5-17(12-14)22-2/h3-7,9-10,12H,8,11,13H2,1-2H3,(H,19,20). The van der Waals surface area contributed by atoms with Crippen molar-refractivity contribution in [1.29, 1.82) is 0 Å². The van der Waals surface area contributed by atoms with Crippen molar-refractivity contribution in [2.75, 3.05) is 14.2 Å². The highest BCUT2D eigenvalue weighted by Gasteiger charge is 2.03. The fourth-order valence-electron chi connectivity index (χ4n) is 2.12. The number of benzene rings is 2. The largest absolute Gasteiger partial charge is 0.497 e. The molecule has 1 amide bonds. The van der Waals surface area contributed by atoms with Gasteiger partial charge < -0.3 is 14.8 Å². The van der Waals surface area contributed by atoms with E-state index in [-0.39, 0.29) is 5.91 Å². The summed E-state index contributed by atoms with van der Waals surface area (Å²) in [6, 6.07) is 15.4. The lowest BCUT2D eigenvalue weighted by Gasteiger charge is -2.07. The lowest BCUT2D eigenvalue weighted by Crippen LogP contribution is -2.22. The van der Waals surface area contributed by atoms with E-state index in [1.54, 1.807) is 14.2 Å². The number of carbonyl (C=O) groups excluding carboxylic acids is 1. The summed E-state index contributed by atoms with van der Waals surface area (Å²) in [4.78, 5) is 11.9. The molecule has 116 valence electrons. The van der Waals surface area contributed by atoms with Gasteiger partial charge in [-0.05, 0) is 41.8 Å². The molecule has 0 radical (unpaired) electrons. The summed E-state index contributed by atoms with van der Waals surface area (Å²) in [5.41, 5.74) is 2.15. The van der Waals surface area contributed by atoms with Gasteiger partial charge in [0, 0.05) is 13.0 Å². The van der Waals surface area contributed by atoms with Gasteiger partial charge in [-0.15, -0.1) is 0 Å². The van der Waals surface area contributed by atoms with Crippen molar-refractivity contribution < 1.29 is 14.3 Å². The van der Waals surface area contributed by atoms with Crippen molar-refractivity contribution in [2.24, 2.45) is 0 Å². The highest BCUT2D eigenvalue weighted by atomic mass is 16.5. The van der Waals surface area contributed by atoms with E-state index in [9.17, 15) is 4.79 Å². The Balaban J connectivity index is 1.77. The van der Waals surface area contributed by atoms with Gasteiger partial charge in [0.15, 0.2) is 0 Å². The SMILES string of the molecule is COc1ccc(CNC(=O)CCc2cccc(OC)c2)cc1. The van der Waals surface area contributed by atoms with Crippen molar-refractivity contribution in [3.8, 4) is 11.5 Å². The van der Waals surface area contributed by atoms with Crippen LogP contribution < -0.4 is 14.8 Å². The van der Waals surface area contributed by atoms with Crippen molar-refractivity contribution >= 4 is 5.91 Å². The second-order valence-electron chi connectivity index (χ2n) is 4.98. The van der Waals surface area contributed by atoms with Crippen LogP contribution in [0.15, 0.2) is 48.5 Å². The third-order valence-electron chi connectivity index (χ3n) is 3.42. The first-order valence-electron chi connectivity index (χ1n) is 7.24. The Morgan fingerprint density at radius 2 is 1.68 bits per heavy atom. The first kappa shape index (κ1) is 15.9. The minimum absolute atomic E-state index is 0.0404. The molecule has 2 aromatic carbocycles. The molecule has 0 atom stereocenters. The van der Waals surface area contributed by atoms with Crippen molar-refractivity contribution in [1.82, 2.24) is 5.32 Å². The third-order valence-corrected chi connectivity index (χ3v) is 3.42. The van der Waals surface area contributed by atoms with Crippen LogP contribution in [0.5, 0.6) is 11.5 Å². The van der Waals surface area contributed by atoms with Crippen LogP contribution in [-0.4, -0.2) is 20.1 Å². The number of methoxy groups -OCH3 is 2. The molecule has 0 aliphatic heterocycles. The number of aryl methyl sites for hydroxylation is 1. The van der Waals surface area contributed by atoms with Crippen LogP contribution in [0.25, 0.3) is 0 Å². The lowest BCUT2D eigenvalue weighted by atomic mass is 10.1. The molecule has 0 unspecified atom stereocenters. The Morgan fingerprint density at radius 3 is 2.36 bits per heavy atom. The van der Waals surface area contributed by atoms with Gasteiger partial charge >= 0.3 is 0 Å². The monoisotopic (exact) mass is 299 g/mol. The molecular formula is C18H21NO3. The van der Waals surface area contributed by atoms with E-state index < -0.39 is 0 Å². The zero-order chi connectivity index (χ0) is 15.8. The molecule has 1 N–H and O–H groups in total. The molecule has 0 bridgehead atoms. The van der Waals surface area contributed by atoms with E-state index >= 15 is 0 Å². The fraction of sp³-hybridized carbons (Fsp3) is 0.278. The van der Waals surface area contributed by atoms with Crippen LogP contribution in [0.1, 0.15) is 17.5 Å². The summed E-state index contributed by atoms with van der Waals surface area (Å²) in [5.74, 6) is 1.67. The average Bonchev–Trinajstić information content (AvgIpc) is 2.58. The number of rotatable bonds is 7. The summed E-state index contributed by atoms with van der Waals surface area (Å²) < 4.78 is 10.3. The smallest absolute Gasteiger partial charge is 0.220 e. The molecule has 0 fully saturated rings. The normalized spacial score (nSPS) is 10.1. The molecule has 0 spiro atoms. The van der Waals surface area contributed by atoms with E-state index in [0.29, 0.717) is 19.4 Å². The molecular weight excluding hydrogens is 278 g/mol. The molecule has 4 nitrogen and oxygen atoms in total. The minimum atomic E-state index is 0.0404. The van der Waals surface area contributed by atoms with Crippen LogP contribution in [-0.2, 0) is 17.8 Å². The molecule has 2 aromatic rings. The first-order chi connectivity index (χ1) is 10.7. The maximum Gasteiger partial charge on any atom is 0.220 e. The van der Waals surface area contributed by atoms with Gasteiger partial charge in [-0.1, -0.05) is 24.3 Å². The van der Waals surface area contributed by atoms with E-state index in [1.165, 1.54) is 0 Å². The molecule has 0 aromatic heterocycles. The Labute approximate surface area is 131 Å². The Morgan fingerprint density at radius 1 is 0.955 bits per heavy atom. The minimum Gasteiger partial charge on any atom is -0.497 e. The van der Waals surface area contributed by atoms with Gasteiger partial charge in [0.05, 0.1) is 14.2 Å². The second kappa shape index (κ2) is 8.08. The maximum atomic E-state index is 11.9. The quantitative estimate of drug-likeness (QED) is 0.855. The molecule has 0 heterocycles. The molecule has 0 saturated heterocycles. The molecule has 2 rings (SSSR count). The van der Waals surface area contributed by atoms with Crippen LogP contribution >= 0.6 is 0 Å². The van der Waals surface area contributed by atoms with Gasteiger partial charge in [0.1, 0.15) is 11.5 Å². The highest BCUT2D eigenvalue weighted by Crippen LogP contribution is 2.14. The number of nitrogens with one attached hydrogen (secondary N) is 1. The van der Waals surface area contributed by atoms with E-state index in [1.807, 2.05) is 48.5 Å². The Bertz CT molecular complexity index is 608. The number of amides is 1. The number of ether oxygens (including phenoxy) is 2. The first-order valence-corrected chi connectivity index (χ1v) is 7.24. The van der Waals surface area contributed by atoms with Crippen LogP contribution in [0.4, 0.5) is 0 Å². The van der Waals surface area contributed by atoms with Gasteiger partial charge in [0.2, 0.25) is 5.91 Å². The summed E-state index contributed by atoms with van der Waals surface area (Å²) >= 11 is 0. The molecule has 22 heavy (non-hydrogen) atoms. The second-order valence-corrected chi connectivity index (χ2v) is 4.98. The van der Waals surface area contributed by atoms with Gasteiger partial charge in [-0.25, -0.2) is 0 Å². The maximum absolute atomic E-state index is 11.9. The van der Waals surface area contributed by atoms with Gasteiger partial charge in [0.25, 0.3) is 0 Å². The molecule has 0 aliphatic carbocycles. The topological polar surface area (TPSA) is 47.6 Å².